The van der Waals surface area contributed by atoms with Crippen molar-refractivity contribution >= 4 is 5.71 Å². The Bertz CT molecular complexity index is 1130. The number of benzene rings is 2. The van der Waals surface area contributed by atoms with Crippen molar-refractivity contribution < 1.29 is 17.9 Å². The third-order valence-corrected chi connectivity index (χ3v) is 4.79. The lowest BCUT2D eigenvalue weighted by Crippen LogP contribution is -2.14. The summed E-state index contributed by atoms with van der Waals surface area (Å²) in [6.45, 7) is 3.67. The number of rotatable bonds is 7. The number of nitrogens with one attached hydrogen (secondary N) is 2. The number of hydrogen-bond acceptors (Lipinski definition) is 4. The Kier molecular flexibility index (Phi) is 6.88. The molecule has 0 aliphatic heterocycles. The van der Waals surface area contributed by atoms with E-state index in [4.69, 9.17) is 15.9 Å². The van der Waals surface area contributed by atoms with Gasteiger partial charge in [0.15, 0.2) is 0 Å². The Labute approximate surface area is 185 Å². The van der Waals surface area contributed by atoms with Gasteiger partial charge < -0.3 is 21.2 Å². The summed E-state index contributed by atoms with van der Waals surface area (Å²) >= 11 is 0. The predicted octanol–water partition coefficient (Wildman–Crippen LogP) is 5.27. The van der Waals surface area contributed by atoms with E-state index < -0.39 is 11.7 Å². The summed E-state index contributed by atoms with van der Waals surface area (Å²) in [4.78, 5) is 0. The summed E-state index contributed by atoms with van der Waals surface area (Å²) in [5, 5.41) is 10.8. The van der Waals surface area contributed by atoms with Crippen LogP contribution in [0.1, 0.15) is 22.3 Å². The maximum atomic E-state index is 13.9. The second-order valence-electron chi connectivity index (χ2n) is 7.40. The Morgan fingerprint density at radius 2 is 1.94 bits per heavy atom. The van der Waals surface area contributed by atoms with Gasteiger partial charge in [0.05, 0.1) is 16.8 Å². The summed E-state index contributed by atoms with van der Waals surface area (Å²) in [6, 6.07) is 11.2. The van der Waals surface area contributed by atoms with Crippen LogP contribution >= 0.6 is 0 Å². The molecule has 0 radical (unpaired) electrons. The minimum atomic E-state index is -4.55. The SMILES string of the molecule is C=C(N)Cc1cccc(Cc2ccc(OC3=CC=CC(=N)/C3=C\NC)cc2C(F)(F)F)c1. The summed E-state index contributed by atoms with van der Waals surface area (Å²) in [5.41, 5.74) is 7.82. The molecule has 166 valence electrons. The first-order chi connectivity index (χ1) is 15.2. The van der Waals surface area contributed by atoms with Crippen LogP contribution in [-0.4, -0.2) is 12.8 Å². The second-order valence-corrected chi connectivity index (χ2v) is 7.40. The first-order valence-electron chi connectivity index (χ1n) is 9.91. The van der Waals surface area contributed by atoms with E-state index in [-0.39, 0.29) is 23.4 Å². The molecule has 1 aliphatic rings. The minimum absolute atomic E-state index is 0.0469. The van der Waals surface area contributed by atoms with Crippen molar-refractivity contribution in [2.45, 2.75) is 19.0 Å². The van der Waals surface area contributed by atoms with E-state index in [0.717, 1.165) is 17.2 Å². The molecule has 0 heterocycles. The standard InChI is InChI=1S/C25H24F3N3O/c1-16(29)11-17-5-3-6-18(12-17)13-19-9-10-20(14-22(19)25(26,27)28)32-24-8-4-7-23(30)21(24)15-31-2/h3-10,12,14-15,30-31H,1,11,13,29H2,2H3/b21-15+,30-23?. The molecular weight excluding hydrogens is 415 g/mol. The van der Waals surface area contributed by atoms with E-state index in [2.05, 4.69) is 11.9 Å². The average Bonchev–Trinajstić information content (AvgIpc) is 2.71. The number of allylic oxidation sites excluding steroid dienone is 5. The predicted molar refractivity (Wildman–Crippen MR) is 120 cm³/mol. The number of halogens is 3. The normalized spacial score (nSPS) is 14.9. The van der Waals surface area contributed by atoms with E-state index >= 15 is 0 Å². The molecule has 0 amide bonds. The monoisotopic (exact) mass is 439 g/mol. The van der Waals surface area contributed by atoms with Crippen LogP contribution < -0.4 is 15.8 Å². The number of nitrogens with two attached hydrogens (primary N) is 1. The molecule has 0 unspecified atom stereocenters. The van der Waals surface area contributed by atoms with Gasteiger partial charge in [-0.15, -0.1) is 0 Å². The molecule has 3 rings (SSSR count). The lowest BCUT2D eigenvalue weighted by Gasteiger charge is -2.18. The highest BCUT2D eigenvalue weighted by Gasteiger charge is 2.34. The molecule has 4 nitrogen and oxygen atoms in total. The molecule has 4 N–H and O–H groups in total. The summed E-state index contributed by atoms with van der Waals surface area (Å²) in [5.74, 6) is 0.341. The second kappa shape index (κ2) is 9.60. The molecule has 0 saturated heterocycles. The quantitative estimate of drug-likeness (QED) is 0.551. The van der Waals surface area contributed by atoms with Crippen molar-refractivity contribution in [3.63, 3.8) is 0 Å². The Morgan fingerprint density at radius 3 is 2.62 bits per heavy atom. The molecule has 1 aliphatic carbocycles. The molecular formula is C25H24F3N3O. The fourth-order valence-corrected chi connectivity index (χ4v) is 3.42. The van der Waals surface area contributed by atoms with Crippen LogP contribution in [0.5, 0.6) is 5.75 Å². The van der Waals surface area contributed by atoms with Crippen molar-refractivity contribution in [1.29, 1.82) is 5.41 Å². The van der Waals surface area contributed by atoms with Gasteiger partial charge in [-0.05, 0) is 47.4 Å². The highest BCUT2D eigenvalue weighted by atomic mass is 19.4. The van der Waals surface area contributed by atoms with Crippen LogP contribution in [0.15, 0.2) is 90.5 Å². The molecule has 7 heteroatoms. The Balaban J connectivity index is 1.91. The van der Waals surface area contributed by atoms with E-state index in [9.17, 15) is 13.2 Å². The van der Waals surface area contributed by atoms with Gasteiger partial charge in [0, 0.05) is 25.4 Å². The first kappa shape index (κ1) is 22.9. The largest absolute Gasteiger partial charge is 0.457 e. The average molecular weight is 439 g/mol. The van der Waals surface area contributed by atoms with Crippen LogP contribution in [0.25, 0.3) is 0 Å². The van der Waals surface area contributed by atoms with Gasteiger partial charge in [0.2, 0.25) is 0 Å². The number of alkyl halides is 3. The van der Waals surface area contributed by atoms with Gasteiger partial charge in [-0.25, -0.2) is 0 Å². The van der Waals surface area contributed by atoms with Gasteiger partial charge in [0.1, 0.15) is 11.5 Å². The number of hydrogen-bond donors (Lipinski definition) is 3. The van der Waals surface area contributed by atoms with Crippen LogP contribution in [0.4, 0.5) is 13.2 Å². The third-order valence-electron chi connectivity index (χ3n) is 4.79. The van der Waals surface area contributed by atoms with E-state index in [1.165, 1.54) is 12.1 Å². The highest BCUT2D eigenvalue weighted by Crippen LogP contribution is 2.36. The maximum Gasteiger partial charge on any atom is 0.416 e. The van der Waals surface area contributed by atoms with Gasteiger partial charge in [-0.2, -0.15) is 13.2 Å². The number of ether oxygens (including phenoxy) is 1. The van der Waals surface area contributed by atoms with Crippen molar-refractivity contribution in [3.8, 4) is 5.75 Å². The Morgan fingerprint density at radius 1 is 1.19 bits per heavy atom. The summed E-state index contributed by atoms with van der Waals surface area (Å²) < 4.78 is 47.3. The molecule has 0 atom stereocenters. The van der Waals surface area contributed by atoms with Gasteiger partial charge in [-0.3, -0.25) is 0 Å². The lowest BCUT2D eigenvalue weighted by molar-refractivity contribution is -0.138. The van der Waals surface area contributed by atoms with Gasteiger partial charge >= 0.3 is 6.18 Å². The Hall–Kier alpha value is -3.74. The zero-order valence-electron chi connectivity index (χ0n) is 17.6. The lowest BCUT2D eigenvalue weighted by atomic mass is 9.97. The topological polar surface area (TPSA) is 71.1 Å². The van der Waals surface area contributed by atoms with Crippen LogP contribution in [0.3, 0.4) is 0 Å². The van der Waals surface area contributed by atoms with E-state index in [1.807, 2.05) is 12.1 Å². The molecule has 32 heavy (non-hydrogen) atoms. The van der Waals surface area contributed by atoms with Crippen LogP contribution in [0, 0.1) is 5.41 Å². The summed E-state index contributed by atoms with van der Waals surface area (Å²) in [6.07, 6.45) is 2.41. The van der Waals surface area contributed by atoms with Crippen molar-refractivity contribution in [2.75, 3.05) is 7.05 Å². The van der Waals surface area contributed by atoms with Crippen molar-refractivity contribution in [1.82, 2.24) is 5.32 Å². The smallest absolute Gasteiger partial charge is 0.416 e. The fourth-order valence-electron chi connectivity index (χ4n) is 3.42. The zero-order valence-corrected chi connectivity index (χ0v) is 17.6. The van der Waals surface area contributed by atoms with E-state index in [1.54, 1.807) is 43.6 Å². The maximum absolute atomic E-state index is 13.9. The first-order valence-corrected chi connectivity index (χ1v) is 9.91. The van der Waals surface area contributed by atoms with Crippen LogP contribution in [-0.2, 0) is 19.0 Å². The highest BCUT2D eigenvalue weighted by molar-refractivity contribution is 6.10. The zero-order chi connectivity index (χ0) is 23.3. The fraction of sp³-hybridized carbons (Fsp3) is 0.160. The molecule has 2 aromatic carbocycles. The van der Waals surface area contributed by atoms with Crippen molar-refractivity contribution in [3.05, 3.63) is 113 Å². The minimum Gasteiger partial charge on any atom is -0.457 e. The molecule has 0 bridgehead atoms. The molecule has 0 saturated carbocycles. The molecule has 0 spiro atoms. The van der Waals surface area contributed by atoms with Crippen molar-refractivity contribution in [2.24, 2.45) is 5.73 Å². The summed E-state index contributed by atoms with van der Waals surface area (Å²) in [7, 11) is 1.67. The molecule has 2 aromatic rings. The molecule has 0 aromatic heterocycles. The third kappa shape index (κ3) is 5.69. The van der Waals surface area contributed by atoms with Crippen LogP contribution in [0.2, 0.25) is 0 Å². The van der Waals surface area contributed by atoms with Gasteiger partial charge in [-0.1, -0.05) is 43.0 Å². The van der Waals surface area contributed by atoms with E-state index in [0.29, 0.717) is 23.5 Å². The molecule has 0 fully saturated rings. The van der Waals surface area contributed by atoms with Gasteiger partial charge in [0.25, 0.3) is 0 Å².